The predicted molar refractivity (Wildman–Crippen MR) is 71.8 cm³/mol. The van der Waals surface area contributed by atoms with Crippen LogP contribution in [0.4, 0.5) is 0 Å². The van der Waals surface area contributed by atoms with Gasteiger partial charge in [0.15, 0.2) is 0 Å². The average molecular weight is 226 g/mol. The second-order valence-electron chi connectivity index (χ2n) is 5.57. The number of nitrogens with zero attached hydrogens (tertiary/aromatic N) is 1. The lowest BCUT2D eigenvalue weighted by atomic mass is 9.91. The Morgan fingerprint density at radius 2 is 1.62 bits per heavy atom. The van der Waals surface area contributed by atoms with Gasteiger partial charge in [-0.3, -0.25) is 0 Å². The van der Waals surface area contributed by atoms with Crippen molar-refractivity contribution < 1.29 is 0 Å². The predicted octanol–water partition coefficient (Wildman–Crippen LogP) is 2.89. The molecule has 0 atom stereocenters. The van der Waals surface area contributed by atoms with Crippen molar-refractivity contribution in [2.24, 2.45) is 5.92 Å². The van der Waals surface area contributed by atoms with Crippen LogP contribution in [-0.4, -0.2) is 38.6 Å². The van der Waals surface area contributed by atoms with E-state index in [1.54, 1.807) is 0 Å². The molecular weight excluding hydrogens is 196 g/mol. The fraction of sp³-hybridized carbons (Fsp3) is 1.00. The molecule has 0 unspecified atom stereocenters. The highest BCUT2D eigenvalue weighted by Gasteiger charge is 2.10. The number of hydrogen-bond acceptors (Lipinski definition) is 2. The Kier molecular flexibility index (Phi) is 7.87. The fourth-order valence-corrected chi connectivity index (χ4v) is 2.57. The van der Waals surface area contributed by atoms with Gasteiger partial charge < -0.3 is 10.2 Å². The van der Waals surface area contributed by atoms with Gasteiger partial charge in [-0.05, 0) is 58.9 Å². The van der Waals surface area contributed by atoms with Crippen LogP contribution >= 0.6 is 0 Å². The summed E-state index contributed by atoms with van der Waals surface area (Å²) in [5.41, 5.74) is 0. The van der Waals surface area contributed by atoms with Crippen molar-refractivity contribution in [3.63, 3.8) is 0 Å². The first-order chi connectivity index (χ1) is 7.79. The molecule has 1 aliphatic rings. The Balaban J connectivity index is 1.97. The quantitative estimate of drug-likeness (QED) is 0.701. The molecule has 0 saturated heterocycles. The van der Waals surface area contributed by atoms with E-state index in [4.69, 9.17) is 0 Å². The van der Waals surface area contributed by atoms with E-state index in [0.29, 0.717) is 0 Å². The molecule has 0 aromatic carbocycles. The summed E-state index contributed by atoms with van der Waals surface area (Å²) in [5, 5.41) is 3.63. The molecule has 0 aromatic heterocycles. The van der Waals surface area contributed by atoms with Gasteiger partial charge in [0.2, 0.25) is 0 Å². The third-order valence-electron chi connectivity index (χ3n) is 3.62. The number of nitrogens with one attached hydrogen (secondary N) is 1. The van der Waals surface area contributed by atoms with Gasteiger partial charge in [-0.1, -0.05) is 32.1 Å². The molecule has 0 aromatic rings. The third kappa shape index (κ3) is 7.24. The second-order valence-corrected chi connectivity index (χ2v) is 5.57. The average Bonchev–Trinajstić information content (AvgIpc) is 2.19. The van der Waals surface area contributed by atoms with E-state index >= 15 is 0 Å². The van der Waals surface area contributed by atoms with Crippen LogP contribution in [0.25, 0.3) is 0 Å². The lowest BCUT2D eigenvalue weighted by molar-refractivity contribution is 0.350. The summed E-state index contributed by atoms with van der Waals surface area (Å²) in [6, 6.07) is 0. The molecule has 1 N–H and O–H groups in total. The van der Waals surface area contributed by atoms with Gasteiger partial charge in [0, 0.05) is 0 Å². The summed E-state index contributed by atoms with van der Waals surface area (Å²) in [6.45, 7) is 3.65. The van der Waals surface area contributed by atoms with E-state index in [1.165, 1.54) is 71.0 Å². The summed E-state index contributed by atoms with van der Waals surface area (Å²) >= 11 is 0. The monoisotopic (exact) mass is 226 g/mol. The van der Waals surface area contributed by atoms with Gasteiger partial charge in [0.25, 0.3) is 0 Å². The molecular formula is C14H30N2. The first-order valence-corrected chi connectivity index (χ1v) is 7.14. The first-order valence-electron chi connectivity index (χ1n) is 7.14. The minimum atomic E-state index is 0.958. The van der Waals surface area contributed by atoms with Gasteiger partial charge in [-0.25, -0.2) is 0 Å². The molecule has 0 bridgehead atoms. The molecule has 1 saturated carbocycles. The van der Waals surface area contributed by atoms with Crippen molar-refractivity contribution in [2.75, 3.05) is 33.7 Å². The van der Waals surface area contributed by atoms with Crippen molar-refractivity contribution in [3.8, 4) is 0 Å². The zero-order chi connectivity index (χ0) is 11.6. The summed E-state index contributed by atoms with van der Waals surface area (Å²) in [7, 11) is 4.30. The molecule has 16 heavy (non-hydrogen) atoms. The van der Waals surface area contributed by atoms with Gasteiger partial charge in [-0.15, -0.1) is 0 Å². The summed E-state index contributed by atoms with van der Waals surface area (Å²) in [4.78, 5) is 2.26. The summed E-state index contributed by atoms with van der Waals surface area (Å²) in [5.74, 6) is 0.958. The summed E-state index contributed by atoms with van der Waals surface area (Å²) < 4.78 is 0. The zero-order valence-electron chi connectivity index (χ0n) is 11.3. The molecule has 1 rings (SSSR count). The van der Waals surface area contributed by atoms with Gasteiger partial charge in [0.05, 0.1) is 0 Å². The first kappa shape index (κ1) is 14.0. The Hall–Kier alpha value is -0.0800. The molecule has 0 heterocycles. The van der Waals surface area contributed by atoms with E-state index in [-0.39, 0.29) is 0 Å². The van der Waals surface area contributed by atoms with Crippen LogP contribution in [0.5, 0.6) is 0 Å². The molecule has 2 nitrogen and oxygen atoms in total. The van der Waals surface area contributed by atoms with Crippen molar-refractivity contribution in [1.29, 1.82) is 0 Å². The van der Waals surface area contributed by atoms with Crippen LogP contribution in [0, 0.1) is 5.92 Å². The molecule has 0 spiro atoms. The van der Waals surface area contributed by atoms with Crippen molar-refractivity contribution in [3.05, 3.63) is 0 Å². The number of hydrogen-bond donors (Lipinski definition) is 1. The van der Waals surface area contributed by atoms with Gasteiger partial charge in [0.1, 0.15) is 0 Å². The number of rotatable bonds is 6. The van der Waals surface area contributed by atoms with Crippen molar-refractivity contribution in [1.82, 2.24) is 10.2 Å². The Morgan fingerprint density at radius 3 is 2.25 bits per heavy atom. The molecule has 96 valence electrons. The minimum absolute atomic E-state index is 0.958. The maximum atomic E-state index is 3.63. The largest absolute Gasteiger partial charge is 0.316 e. The maximum Gasteiger partial charge on any atom is -0.00127 e. The van der Waals surface area contributed by atoms with Crippen molar-refractivity contribution in [2.45, 2.75) is 51.4 Å². The van der Waals surface area contributed by atoms with E-state index in [9.17, 15) is 0 Å². The van der Waals surface area contributed by atoms with E-state index in [0.717, 1.165) is 5.92 Å². The fourth-order valence-electron chi connectivity index (χ4n) is 2.57. The van der Waals surface area contributed by atoms with Crippen molar-refractivity contribution >= 4 is 0 Å². The van der Waals surface area contributed by atoms with Crippen LogP contribution in [0.2, 0.25) is 0 Å². The second kappa shape index (κ2) is 9.00. The smallest absolute Gasteiger partial charge is 0.00127 e. The van der Waals surface area contributed by atoms with E-state index in [2.05, 4.69) is 24.3 Å². The molecule has 0 radical (unpaired) electrons. The van der Waals surface area contributed by atoms with Crippen LogP contribution in [-0.2, 0) is 0 Å². The Bertz CT molecular complexity index is 149. The van der Waals surface area contributed by atoms with E-state index < -0.39 is 0 Å². The zero-order valence-corrected chi connectivity index (χ0v) is 11.3. The third-order valence-corrected chi connectivity index (χ3v) is 3.62. The SMILES string of the molecule is CN(C)CCCNCC1CCCCCCC1. The highest BCUT2D eigenvalue weighted by Crippen LogP contribution is 2.21. The topological polar surface area (TPSA) is 15.3 Å². The molecule has 2 heteroatoms. The molecule has 0 amide bonds. The van der Waals surface area contributed by atoms with Gasteiger partial charge >= 0.3 is 0 Å². The van der Waals surface area contributed by atoms with E-state index in [1.807, 2.05) is 0 Å². The Morgan fingerprint density at radius 1 is 1.00 bits per heavy atom. The summed E-state index contributed by atoms with van der Waals surface area (Å²) in [6.07, 6.45) is 11.5. The van der Waals surface area contributed by atoms with Gasteiger partial charge in [-0.2, -0.15) is 0 Å². The molecule has 0 aliphatic heterocycles. The standard InChI is InChI=1S/C14H30N2/c1-16(2)12-8-11-15-13-14-9-6-4-3-5-7-10-14/h14-15H,3-13H2,1-2H3. The lowest BCUT2D eigenvalue weighted by Crippen LogP contribution is -2.26. The maximum absolute atomic E-state index is 3.63. The van der Waals surface area contributed by atoms with Crippen LogP contribution in [0.1, 0.15) is 51.4 Å². The highest BCUT2D eigenvalue weighted by molar-refractivity contribution is 4.66. The Labute approximate surface area is 102 Å². The lowest BCUT2D eigenvalue weighted by Gasteiger charge is -2.20. The van der Waals surface area contributed by atoms with Crippen LogP contribution < -0.4 is 5.32 Å². The van der Waals surface area contributed by atoms with Crippen LogP contribution in [0.15, 0.2) is 0 Å². The highest BCUT2D eigenvalue weighted by atomic mass is 15.1. The van der Waals surface area contributed by atoms with Crippen LogP contribution in [0.3, 0.4) is 0 Å². The molecule has 1 aliphatic carbocycles. The molecule has 1 fully saturated rings. The minimum Gasteiger partial charge on any atom is -0.316 e. The normalized spacial score (nSPS) is 19.7.